The molecular weight excluding hydrogens is 386 g/mol. The van der Waals surface area contributed by atoms with Crippen LogP contribution in [-0.2, 0) is 6.42 Å². The number of rotatable bonds is 6. The number of hydrogen-bond acceptors (Lipinski definition) is 6. The van der Waals surface area contributed by atoms with Crippen molar-refractivity contribution >= 4 is 29.1 Å². The Morgan fingerprint density at radius 3 is 2.79 bits per heavy atom. The van der Waals surface area contributed by atoms with E-state index in [-0.39, 0.29) is 5.91 Å². The van der Waals surface area contributed by atoms with Gasteiger partial charge in [0.05, 0.1) is 18.4 Å². The van der Waals surface area contributed by atoms with E-state index in [4.69, 9.17) is 4.74 Å². The minimum Gasteiger partial charge on any atom is -0.496 e. The Labute approximate surface area is 172 Å². The summed E-state index contributed by atoms with van der Waals surface area (Å²) in [5, 5.41) is 8.14. The third-order valence-corrected chi connectivity index (χ3v) is 5.41. The van der Waals surface area contributed by atoms with Gasteiger partial charge in [0.25, 0.3) is 11.7 Å². The van der Waals surface area contributed by atoms with Crippen molar-refractivity contribution in [2.75, 3.05) is 12.4 Å². The highest BCUT2D eigenvalue weighted by atomic mass is 32.2. The number of fused-ring (bicyclic) bond motifs is 1. The topological polar surface area (TPSA) is 81.4 Å². The van der Waals surface area contributed by atoms with Gasteiger partial charge in [0.2, 0.25) is 0 Å². The molecule has 0 fully saturated rings. The second kappa shape index (κ2) is 8.32. The molecule has 8 heteroatoms. The van der Waals surface area contributed by atoms with Crippen molar-refractivity contribution < 1.29 is 9.53 Å². The number of ether oxygens (including phenoxy) is 1. The van der Waals surface area contributed by atoms with Gasteiger partial charge in [-0.2, -0.15) is 14.6 Å². The monoisotopic (exact) mass is 405 g/mol. The third-order valence-electron chi connectivity index (χ3n) is 4.34. The molecular formula is C21H19N5O2S. The minimum atomic E-state index is -0.231. The van der Waals surface area contributed by atoms with Crippen LogP contribution in [0.2, 0.25) is 0 Å². The molecule has 0 aliphatic heterocycles. The van der Waals surface area contributed by atoms with Crippen LogP contribution < -0.4 is 10.1 Å². The molecule has 0 atom stereocenters. The molecule has 146 valence electrons. The molecule has 7 nitrogen and oxygen atoms in total. The summed E-state index contributed by atoms with van der Waals surface area (Å²) in [6.45, 7) is 2.05. The highest BCUT2D eigenvalue weighted by Gasteiger charge is 2.15. The van der Waals surface area contributed by atoms with E-state index in [1.807, 2.05) is 49.4 Å². The summed E-state index contributed by atoms with van der Waals surface area (Å²) in [5.41, 5.74) is 2.12. The van der Waals surface area contributed by atoms with Crippen LogP contribution in [0.25, 0.3) is 5.78 Å². The molecule has 2 heterocycles. The van der Waals surface area contributed by atoms with Gasteiger partial charge in [0.1, 0.15) is 17.1 Å². The Kier molecular flexibility index (Phi) is 5.44. The van der Waals surface area contributed by atoms with Gasteiger partial charge >= 0.3 is 0 Å². The van der Waals surface area contributed by atoms with Crippen LogP contribution in [-0.4, -0.2) is 32.6 Å². The summed E-state index contributed by atoms with van der Waals surface area (Å²) < 4.78 is 7.00. The number of nitrogens with zero attached hydrogens (tertiary/aromatic N) is 4. The number of anilines is 1. The second-order valence-electron chi connectivity index (χ2n) is 6.16. The predicted octanol–water partition coefficient (Wildman–Crippen LogP) is 4.10. The van der Waals surface area contributed by atoms with Gasteiger partial charge in [0.15, 0.2) is 0 Å². The molecule has 0 bridgehead atoms. The standard InChI is InChI=1S/C21H19N5O2S/c1-3-14-12-19(26-21(24-14)22-13-23-26)29-18-11-7-5-9-16(18)25-20(27)15-8-4-6-10-17(15)28-2/h4-13H,3H2,1-2H3,(H,25,27). The Balaban J connectivity index is 1.66. The number of aromatic nitrogens is 4. The van der Waals surface area contributed by atoms with Crippen molar-refractivity contribution in [3.05, 3.63) is 72.2 Å². The summed E-state index contributed by atoms with van der Waals surface area (Å²) in [6.07, 6.45) is 2.28. The molecule has 0 aliphatic rings. The smallest absolute Gasteiger partial charge is 0.259 e. The quantitative estimate of drug-likeness (QED) is 0.487. The number of aryl methyl sites for hydroxylation is 1. The number of carbonyl (C=O) groups is 1. The van der Waals surface area contributed by atoms with E-state index in [1.54, 1.807) is 23.8 Å². The van der Waals surface area contributed by atoms with E-state index < -0.39 is 0 Å². The van der Waals surface area contributed by atoms with Gasteiger partial charge in [-0.3, -0.25) is 4.79 Å². The van der Waals surface area contributed by atoms with Gasteiger partial charge in [-0.25, -0.2) is 4.98 Å². The van der Waals surface area contributed by atoms with Crippen LogP contribution in [0.4, 0.5) is 5.69 Å². The molecule has 4 rings (SSSR count). The first-order chi connectivity index (χ1) is 14.2. The molecule has 0 radical (unpaired) electrons. The van der Waals surface area contributed by atoms with Gasteiger partial charge < -0.3 is 10.1 Å². The van der Waals surface area contributed by atoms with E-state index in [0.717, 1.165) is 22.0 Å². The molecule has 0 saturated heterocycles. The SMILES string of the molecule is CCc1cc(Sc2ccccc2NC(=O)c2ccccc2OC)n2ncnc2n1. The summed E-state index contributed by atoms with van der Waals surface area (Å²) in [6, 6.07) is 16.8. The van der Waals surface area contributed by atoms with Crippen molar-refractivity contribution in [3.8, 4) is 5.75 Å². The average molecular weight is 405 g/mol. The molecule has 29 heavy (non-hydrogen) atoms. The lowest BCUT2D eigenvalue weighted by Crippen LogP contribution is -2.13. The van der Waals surface area contributed by atoms with E-state index >= 15 is 0 Å². The maximum atomic E-state index is 12.8. The summed E-state index contributed by atoms with van der Waals surface area (Å²) >= 11 is 1.50. The van der Waals surface area contributed by atoms with Crippen molar-refractivity contribution in [1.82, 2.24) is 19.6 Å². The number of para-hydroxylation sites is 2. The Bertz CT molecular complexity index is 1170. The van der Waals surface area contributed by atoms with Crippen molar-refractivity contribution in [1.29, 1.82) is 0 Å². The molecule has 0 unspecified atom stereocenters. The normalized spacial score (nSPS) is 10.8. The summed E-state index contributed by atoms with van der Waals surface area (Å²) in [5.74, 6) is 0.856. The molecule has 4 aromatic rings. The van der Waals surface area contributed by atoms with Crippen LogP contribution in [0, 0.1) is 0 Å². The van der Waals surface area contributed by atoms with Crippen molar-refractivity contribution in [3.63, 3.8) is 0 Å². The average Bonchev–Trinajstić information content (AvgIpc) is 3.24. The van der Waals surface area contributed by atoms with Gasteiger partial charge in [-0.05, 0) is 36.8 Å². The number of nitrogens with one attached hydrogen (secondary N) is 1. The molecule has 1 N–H and O–H groups in total. The van der Waals surface area contributed by atoms with E-state index in [0.29, 0.717) is 22.8 Å². The molecule has 0 aliphatic carbocycles. The first kappa shape index (κ1) is 18.9. The number of hydrogen-bond donors (Lipinski definition) is 1. The lowest BCUT2D eigenvalue weighted by Gasteiger charge is -2.13. The first-order valence-corrected chi connectivity index (χ1v) is 9.92. The molecule has 2 aromatic carbocycles. The minimum absolute atomic E-state index is 0.231. The number of methoxy groups -OCH3 is 1. The Hall–Kier alpha value is -3.39. The van der Waals surface area contributed by atoms with E-state index in [1.165, 1.54) is 18.1 Å². The summed E-state index contributed by atoms with van der Waals surface area (Å²) in [4.78, 5) is 22.4. The number of benzene rings is 2. The van der Waals surface area contributed by atoms with Crippen LogP contribution in [0.1, 0.15) is 23.0 Å². The maximum absolute atomic E-state index is 12.8. The first-order valence-electron chi connectivity index (χ1n) is 9.10. The fraction of sp³-hybridized carbons (Fsp3) is 0.143. The molecule has 0 spiro atoms. The zero-order valence-corrected chi connectivity index (χ0v) is 16.8. The fourth-order valence-electron chi connectivity index (χ4n) is 2.88. The molecule has 2 aromatic heterocycles. The van der Waals surface area contributed by atoms with Gasteiger partial charge in [-0.15, -0.1) is 0 Å². The number of carbonyl (C=O) groups excluding carboxylic acids is 1. The maximum Gasteiger partial charge on any atom is 0.259 e. The molecule has 0 saturated carbocycles. The van der Waals surface area contributed by atoms with Gasteiger partial charge in [0, 0.05) is 10.6 Å². The lowest BCUT2D eigenvalue weighted by atomic mass is 10.2. The second-order valence-corrected chi connectivity index (χ2v) is 7.23. The largest absolute Gasteiger partial charge is 0.496 e. The third kappa shape index (κ3) is 3.93. The zero-order chi connectivity index (χ0) is 20.2. The number of amides is 1. The molecule has 1 amide bonds. The fourth-order valence-corrected chi connectivity index (χ4v) is 3.89. The lowest BCUT2D eigenvalue weighted by molar-refractivity contribution is 0.102. The van der Waals surface area contributed by atoms with Gasteiger partial charge in [-0.1, -0.05) is 43.0 Å². The van der Waals surface area contributed by atoms with E-state index in [2.05, 4.69) is 20.4 Å². The Morgan fingerprint density at radius 1 is 1.17 bits per heavy atom. The highest BCUT2D eigenvalue weighted by Crippen LogP contribution is 2.34. The van der Waals surface area contributed by atoms with Crippen LogP contribution >= 0.6 is 11.8 Å². The van der Waals surface area contributed by atoms with Crippen molar-refractivity contribution in [2.45, 2.75) is 23.3 Å². The Morgan fingerprint density at radius 2 is 1.97 bits per heavy atom. The highest BCUT2D eigenvalue weighted by molar-refractivity contribution is 7.99. The zero-order valence-electron chi connectivity index (χ0n) is 16.0. The summed E-state index contributed by atoms with van der Waals surface area (Å²) in [7, 11) is 1.55. The van der Waals surface area contributed by atoms with Crippen LogP contribution in [0.15, 0.2) is 70.8 Å². The predicted molar refractivity (Wildman–Crippen MR) is 112 cm³/mol. The van der Waals surface area contributed by atoms with Crippen LogP contribution in [0.3, 0.4) is 0 Å². The van der Waals surface area contributed by atoms with Crippen LogP contribution in [0.5, 0.6) is 5.75 Å². The van der Waals surface area contributed by atoms with Crippen molar-refractivity contribution in [2.24, 2.45) is 0 Å². The van der Waals surface area contributed by atoms with E-state index in [9.17, 15) is 4.79 Å².